The molecule has 0 aliphatic carbocycles. The fourth-order valence-electron chi connectivity index (χ4n) is 2.36. The summed E-state index contributed by atoms with van der Waals surface area (Å²) in [6.07, 6.45) is 4.15. The second-order valence-corrected chi connectivity index (χ2v) is 5.26. The molecule has 3 rings (SSSR count). The summed E-state index contributed by atoms with van der Waals surface area (Å²) in [5.74, 6) is 0.658. The minimum Gasteiger partial charge on any atom is -1.00 e. The molecule has 1 aromatic carbocycles. The molecule has 0 aromatic heterocycles. The number of nitrogens with two attached hydrogens (primary N) is 1. The monoisotopic (exact) mass is 297 g/mol. The van der Waals surface area contributed by atoms with Gasteiger partial charge >= 0.3 is 5.96 Å². The van der Waals surface area contributed by atoms with Crippen molar-refractivity contribution in [2.24, 2.45) is 10.7 Å². The molecule has 5 nitrogen and oxygen atoms in total. The number of fused-ring (bicyclic) bond motifs is 3. The summed E-state index contributed by atoms with van der Waals surface area (Å²) in [4.78, 5) is 5.72. The molecule has 0 bridgehead atoms. The van der Waals surface area contributed by atoms with E-state index in [1.54, 1.807) is 11.8 Å². The van der Waals surface area contributed by atoms with Gasteiger partial charge in [0.05, 0.1) is 6.54 Å². The van der Waals surface area contributed by atoms with Crippen LogP contribution in [0.15, 0.2) is 28.1 Å². The van der Waals surface area contributed by atoms with E-state index in [4.69, 9.17) is 5.73 Å². The third kappa shape index (κ3) is 2.31. The minimum absolute atomic E-state index is 0. The molecule has 0 saturated carbocycles. The lowest BCUT2D eigenvalue weighted by Gasteiger charge is -2.16. The van der Waals surface area contributed by atoms with Gasteiger partial charge in [-0.15, -0.1) is 16.8 Å². The average Bonchev–Trinajstić information content (AvgIpc) is 2.56. The smallest absolute Gasteiger partial charge is 0.367 e. The number of thioether (sulfide) groups is 1. The number of rotatable bonds is 1. The number of nitrogens with one attached hydrogen (secondary N) is 1. The number of nitrogens with zero attached hydrogens (tertiary/aromatic N) is 3. The average molecular weight is 298 g/mol. The summed E-state index contributed by atoms with van der Waals surface area (Å²) >= 11 is 1.73. The van der Waals surface area contributed by atoms with Gasteiger partial charge in [0.2, 0.25) is 0 Å². The molecule has 0 amide bonds. The van der Waals surface area contributed by atoms with Crippen molar-refractivity contribution in [2.45, 2.75) is 11.1 Å². The molecule has 2 heterocycles. The van der Waals surface area contributed by atoms with E-state index in [2.05, 4.69) is 39.4 Å². The fraction of sp³-hybridized carbons (Fsp3) is 0.333. The zero-order valence-corrected chi connectivity index (χ0v) is 12.4. The molecule has 1 unspecified atom stereocenters. The molecule has 7 heteroatoms. The molecular weight excluding hydrogens is 282 g/mol. The van der Waals surface area contributed by atoms with Gasteiger partial charge in [-0.05, 0) is 24.5 Å². The van der Waals surface area contributed by atoms with E-state index in [-0.39, 0.29) is 18.6 Å². The Morgan fingerprint density at radius 3 is 3.05 bits per heavy atom. The van der Waals surface area contributed by atoms with E-state index < -0.39 is 0 Å². The van der Waals surface area contributed by atoms with Crippen molar-refractivity contribution in [3.63, 3.8) is 0 Å². The Balaban J connectivity index is 0.00000133. The number of halogens is 1. The molecular formula is C12H16ClN5S. The zero-order valence-electron chi connectivity index (χ0n) is 10.8. The summed E-state index contributed by atoms with van der Waals surface area (Å²) in [5.41, 5.74) is 11.4. The molecule has 0 saturated heterocycles. The van der Waals surface area contributed by atoms with E-state index >= 15 is 0 Å². The van der Waals surface area contributed by atoms with Gasteiger partial charge in [0.1, 0.15) is 5.69 Å². The number of hydrogen-bond donors (Lipinski definition) is 2. The van der Waals surface area contributed by atoms with Crippen LogP contribution >= 0.6 is 11.8 Å². The van der Waals surface area contributed by atoms with Gasteiger partial charge in [0.25, 0.3) is 0 Å². The van der Waals surface area contributed by atoms with Crippen LogP contribution < -0.4 is 23.6 Å². The van der Waals surface area contributed by atoms with Crippen molar-refractivity contribution in [1.82, 2.24) is 10.4 Å². The van der Waals surface area contributed by atoms with Gasteiger partial charge in [-0.25, -0.2) is 4.58 Å². The van der Waals surface area contributed by atoms with E-state index in [1.165, 1.54) is 4.90 Å². The summed E-state index contributed by atoms with van der Waals surface area (Å²) < 4.78 is 2.10. The molecule has 2 aliphatic rings. The van der Waals surface area contributed by atoms with Gasteiger partial charge in [-0.1, -0.05) is 0 Å². The standard InChI is InChI=1S/C12H15N5S.ClH/c1-16-11-7-14-6-8-5-9(18-2)3-4-10(8)17(11)12(13)15-16;/h3-6,11H,7H2,1-2H3,(H2,13,15);1H. The van der Waals surface area contributed by atoms with Crippen LogP contribution in [0.5, 0.6) is 0 Å². The minimum atomic E-state index is 0. The summed E-state index contributed by atoms with van der Waals surface area (Å²) in [6, 6.07) is 6.38. The van der Waals surface area contributed by atoms with Crippen LogP contribution in [0.4, 0.5) is 5.69 Å². The quantitative estimate of drug-likeness (QED) is 0.447. The zero-order chi connectivity index (χ0) is 12.7. The molecule has 19 heavy (non-hydrogen) atoms. The van der Waals surface area contributed by atoms with E-state index in [9.17, 15) is 0 Å². The lowest BCUT2D eigenvalue weighted by molar-refractivity contribution is -0.495. The lowest BCUT2D eigenvalue weighted by Crippen LogP contribution is -3.00. The Bertz CT molecular complexity index is 557. The van der Waals surface area contributed by atoms with E-state index in [1.807, 2.05) is 18.3 Å². The topological polar surface area (TPSA) is 56.7 Å². The number of aliphatic imine (C=N–C) groups is 1. The highest BCUT2D eigenvalue weighted by Gasteiger charge is 2.36. The number of benzene rings is 1. The highest BCUT2D eigenvalue weighted by atomic mass is 35.5. The molecule has 0 radical (unpaired) electrons. The summed E-state index contributed by atoms with van der Waals surface area (Å²) in [6.45, 7) is 0.702. The Labute approximate surface area is 123 Å². The predicted octanol–water partition coefficient (Wildman–Crippen LogP) is -2.42. The number of guanidine groups is 1. The third-order valence-electron chi connectivity index (χ3n) is 3.29. The van der Waals surface area contributed by atoms with Crippen LogP contribution in [-0.2, 0) is 0 Å². The highest BCUT2D eigenvalue weighted by Crippen LogP contribution is 2.28. The third-order valence-corrected chi connectivity index (χ3v) is 4.01. The summed E-state index contributed by atoms with van der Waals surface area (Å²) in [5, 5.41) is 1.99. The second kappa shape index (κ2) is 5.40. The van der Waals surface area contributed by atoms with Crippen LogP contribution in [0.2, 0.25) is 0 Å². The highest BCUT2D eigenvalue weighted by molar-refractivity contribution is 7.98. The van der Waals surface area contributed by atoms with Crippen molar-refractivity contribution in [3.8, 4) is 0 Å². The second-order valence-electron chi connectivity index (χ2n) is 4.38. The first-order valence-corrected chi connectivity index (χ1v) is 7.02. The molecule has 0 spiro atoms. The fourth-order valence-corrected chi connectivity index (χ4v) is 2.81. The van der Waals surface area contributed by atoms with Crippen LogP contribution in [0.1, 0.15) is 5.56 Å². The van der Waals surface area contributed by atoms with E-state index in [0.29, 0.717) is 12.5 Å². The van der Waals surface area contributed by atoms with Crippen LogP contribution in [-0.4, -0.2) is 47.8 Å². The molecule has 1 atom stereocenters. The van der Waals surface area contributed by atoms with Gasteiger partial charge < -0.3 is 12.4 Å². The maximum absolute atomic E-state index is 6.06. The molecule has 1 aromatic rings. The van der Waals surface area contributed by atoms with Gasteiger partial charge in [-0.3, -0.25) is 10.7 Å². The van der Waals surface area contributed by atoms with Crippen LogP contribution in [0.3, 0.4) is 0 Å². The van der Waals surface area contributed by atoms with Crippen molar-refractivity contribution >= 4 is 29.6 Å². The Hall–Kier alpha value is -1.24. The van der Waals surface area contributed by atoms with Gasteiger partial charge in [0.15, 0.2) is 6.17 Å². The first kappa shape index (κ1) is 14.2. The Kier molecular flexibility index (Phi) is 4.03. The number of hydrogen-bond acceptors (Lipinski definition) is 5. The van der Waals surface area contributed by atoms with Crippen molar-refractivity contribution < 1.29 is 17.0 Å². The lowest BCUT2D eigenvalue weighted by atomic mass is 10.2. The Morgan fingerprint density at radius 2 is 2.32 bits per heavy atom. The van der Waals surface area contributed by atoms with Crippen molar-refractivity contribution in [3.05, 3.63) is 23.8 Å². The van der Waals surface area contributed by atoms with E-state index in [0.717, 1.165) is 11.3 Å². The molecule has 2 aliphatic heterocycles. The molecule has 0 fully saturated rings. The first-order chi connectivity index (χ1) is 8.70. The van der Waals surface area contributed by atoms with Gasteiger partial charge in [-0.2, -0.15) is 5.43 Å². The maximum atomic E-state index is 6.06. The maximum Gasteiger partial charge on any atom is 0.367 e. The first-order valence-electron chi connectivity index (χ1n) is 5.79. The van der Waals surface area contributed by atoms with Crippen molar-refractivity contribution in [1.29, 1.82) is 0 Å². The van der Waals surface area contributed by atoms with Crippen molar-refractivity contribution in [2.75, 3.05) is 19.8 Å². The van der Waals surface area contributed by atoms with Gasteiger partial charge in [0, 0.05) is 23.7 Å². The molecule has 3 N–H and O–H groups in total. The van der Waals surface area contributed by atoms with Crippen LogP contribution in [0.25, 0.3) is 0 Å². The van der Waals surface area contributed by atoms with Crippen LogP contribution in [0, 0.1) is 0 Å². The summed E-state index contributed by atoms with van der Waals surface area (Å²) in [7, 11) is 1.98. The number of hydrazine groups is 1. The number of likely N-dealkylation sites (N-methyl/N-ethyl adjacent to an activating group) is 1. The SMILES string of the molecule is CSc1ccc2c(c1)C=NCC1N(C)NC(N)=[N+]21.[Cl-]. The normalized spacial score (nSPS) is 21.3. The molecule has 102 valence electrons. The predicted molar refractivity (Wildman–Crippen MR) is 74.5 cm³/mol. The Morgan fingerprint density at radius 1 is 1.53 bits per heavy atom. The largest absolute Gasteiger partial charge is 1.00 e.